The van der Waals surface area contributed by atoms with Gasteiger partial charge in [0.2, 0.25) is 0 Å². The van der Waals surface area contributed by atoms with E-state index in [1.807, 2.05) is 18.2 Å². The highest BCUT2D eigenvalue weighted by Crippen LogP contribution is 2.33. The largest absolute Gasteiger partial charge is 0.486 e. The van der Waals surface area contributed by atoms with Gasteiger partial charge in [0.15, 0.2) is 11.5 Å². The Bertz CT molecular complexity index is 420. The number of benzene rings is 1. The molecule has 0 amide bonds. The Balaban J connectivity index is 2.04. The molecule has 4 nitrogen and oxygen atoms in total. The maximum absolute atomic E-state index is 10.1. The molecule has 0 spiro atoms. The Kier molecular flexibility index (Phi) is 4.66. The number of hydrogen-bond donors (Lipinski definition) is 2. The van der Waals surface area contributed by atoms with Crippen LogP contribution >= 0.6 is 0 Å². The van der Waals surface area contributed by atoms with Crippen LogP contribution in [-0.4, -0.2) is 24.4 Å². The number of ether oxygens (including phenoxy) is 2. The molecule has 0 radical (unpaired) electrons. The summed E-state index contributed by atoms with van der Waals surface area (Å²) in [6.45, 7) is 5.42. The van der Waals surface area contributed by atoms with Crippen LogP contribution < -0.4 is 15.2 Å². The SMILES string of the molecule is CC(C)CC[C@H](O)[C@H](N)c1ccc2c(c1)OCCO2. The van der Waals surface area contributed by atoms with Crippen LogP contribution in [0.1, 0.15) is 38.3 Å². The number of aliphatic hydroxyl groups excluding tert-OH is 1. The Hall–Kier alpha value is -1.26. The predicted octanol–water partition coefficient (Wildman–Crippen LogP) is 2.25. The van der Waals surface area contributed by atoms with Crippen LogP contribution in [0.4, 0.5) is 0 Å². The van der Waals surface area contributed by atoms with Crippen molar-refractivity contribution in [3.63, 3.8) is 0 Å². The zero-order chi connectivity index (χ0) is 13.8. The Morgan fingerprint density at radius 3 is 2.53 bits per heavy atom. The van der Waals surface area contributed by atoms with Gasteiger partial charge in [-0.25, -0.2) is 0 Å². The molecule has 1 heterocycles. The van der Waals surface area contributed by atoms with E-state index in [2.05, 4.69) is 13.8 Å². The molecule has 0 bridgehead atoms. The van der Waals surface area contributed by atoms with Crippen molar-refractivity contribution in [3.05, 3.63) is 23.8 Å². The van der Waals surface area contributed by atoms with Crippen molar-refractivity contribution in [2.24, 2.45) is 11.7 Å². The topological polar surface area (TPSA) is 64.7 Å². The highest BCUT2D eigenvalue weighted by atomic mass is 16.6. The molecule has 1 aliphatic heterocycles. The van der Waals surface area contributed by atoms with Crippen molar-refractivity contribution in [1.82, 2.24) is 0 Å². The van der Waals surface area contributed by atoms with E-state index in [1.54, 1.807) is 0 Å². The van der Waals surface area contributed by atoms with Crippen molar-refractivity contribution in [1.29, 1.82) is 0 Å². The minimum absolute atomic E-state index is 0.380. The zero-order valence-corrected chi connectivity index (χ0v) is 11.6. The first-order valence-electron chi connectivity index (χ1n) is 6.91. The van der Waals surface area contributed by atoms with Crippen molar-refractivity contribution >= 4 is 0 Å². The third kappa shape index (κ3) is 3.61. The third-order valence-electron chi connectivity index (χ3n) is 3.41. The van der Waals surface area contributed by atoms with Gasteiger partial charge in [-0.1, -0.05) is 19.9 Å². The molecule has 2 atom stereocenters. The second-order valence-corrected chi connectivity index (χ2v) is 5.47. The van der Waals surface area contributed by atoms with E-state index in [0.717, 1.165) is 23.5 Å². The van der Waals surface area contributed by atoms with E-state index >= 15 is 0 Å². The van der Waals surface area contributed by atoms with Crippen molar-refractivity contribution in [3.8, 4) is 11.5 Å². The highest BCUT2D eigenvalue weighted by molar-refractivity contribution is 5.44. The molecule has 2 rings (SSSR count). The van der Waals surface area contributed by atoms with Crippen LogP contribution in [0.25, 0.3) is 0 Å². The Morgan fingerprint density at radius 1 is 1.16 bits per heavy atom. The molecule has 0 aliphatic carbocycles. The predicted molar refractivity (Wildman–Crippen MR) is 74.4 cm³/mol. The number of rotatable bonds is 5. The van der Waals surface area contributed by atoms with Crippen LogP contribution in [0.3, 0.4) is 0 Å². The fourth-order valence-corrected chi connectivity index (χ4v) is 2.17. The lowest BCUT2D eigenvalue weighted by Crippen LogP contribution is -2.26. The summed E-state index contributed by atoms with van der Waals surface area (Å²) in [6, 6.07) is 5.25. The summed E-state index contributed by atoms with van der Waals surface area (Å²) in [4.78, 5) is 0. The fraction of sp³-hybridized carbons (Fsp3) is 0.600. The van der Waals surface area contributed by atoms with E-state index in [-0.39, 0.29) is 6.04 Å². The first-order chi connectivity index (χ1) is 9.08. The van der Waals surface area contributed by atoms with E-state index < -0.39 is 6.10 Å². The van der Waals surface area contributed by atoms with Gasteiger partial charge in [-0.2, -0.15) is 0 Å². The summed E-state index contributed by atoms with van der Waals surface area (Å²) in [5.74, 6) is 2.04. The van der Waals surface area contributed by atoms with Gasteiger partial charge in [-0.3, -0.25) is 0 Å². The van der Waals surface area contributed by atoms with Crippen LogP contribution in [0.2, 0.25) is 0 Å². The second kappa shape index (κ2) is 6.26. The molecular formula is C15H23NO3. The van der Waals surface area contributed by atoms with Gasteiger partial charge in [0, 0.05) is 0 Å². The minimum Gasteiger partial charge on any atom is -0.486 e. The van der Waals surface area contributed by atoms with Crippen LogP contribution in [0.15, 0.2) is 18.2 Å². The first kappa shape index (κ1) is 14.2. The summed E-state index contributed by atoms with van der Waals surface area (Å²) in [7, 11) is 0. The molecule has 1 aromatic rings. The van der Waals surface area contributed by atoms with Gasteiger partial charge >= 0.3 is 0 Å². The van der Waals surface area contributed by atoms with E-state index in [0.29, 0.717) is 25.6 Å². The smallest absolute Gasteiger partial charge is 0.161 e. The average Bonchev–Trinajstić information content (AvgIpc) is 2.43. The molecule has 0 unspecified atom stereocenters. The molecule has 0 saturated carbocycles. The molecule has 1 aliphatic rings. The third-order valence-corrected chi connectivity index (χ3v) is 3.41. The zero-order valence-electron chi connectivity index (χ0n) is 11.6. The molecule has 4 heteroatoms. The first-order valence-corrected chi connectivity index (χ1v) is 6.91. The van der Waals surface area contributed by atoms with Crippen molar-refractivity contribution in [2.45, 2.75) is 38.8 Å². The van der Waals surface area contributed by atoms with Crippen LogP contribution in [-0.2, 0) is 0 Å². The van der Waals surface area contributed by atoms with Crippen molar-refractivity contribution in [2.75, 3.05) is 13.2 Å². The maximum atomic E-state index is 10.1. The Labute approximate surface area is 114 Å². The molecule has 3 N–H and O–H groups in total. The Morgan fingerprint density at radius 2 is 1.84 bits per heavy atom. The number of hydrogen-bond acceptors (Lipinski definition) is 4. The van der Waals surface area contributed by atoms with E-state index in [1.165, 1.54) is 0 Å². The van der Waals surface area contributed by atoms with E-state index in [9.17, 15) is 5.11 Å². The maximum Gasteiger partial charge on any atom is 0.161 e. The normalized spacial score (nSPS) is 17.3. The lowest BCUT2D eigenvalue weighted by atomic mass is 9.96. The van der Waals surface area contributed by atoms with Gasteiger partial charge < -0.3 is 20.3 Å². The summed E-state index contributed by atoms with van der Waals surface area (Å²) >= 11 is 0. The summed E-state index contributed by atoms with van der Waals surface area (Å²) in [6.07, 6.45) is 1.16. The lowest BCUT2D eigenvalue weighted by Gasteiger charge is -2.23. The minimum atomic E-state index is -0.523. The average molecular weight is 265 g/mol. The molecule has 0 fully saturated rings. The standard InChI is InChI=1S/C15H23NO3/c1-10(2)3-5-12(17)15(16)11-4-6-13-14(9-11)19-8-7-18-13/h4,6,9-10,12,15,17H,3,5,7-8,16H2,1-2H3/t12-,15+/m0/s1. The van der Waals surface area contributed by atoms with Gasteiger partial charge in [-0.05, 0) is 36.5 Å². The highest BCUT2D eigenvalue weighted by Gasteiger charge is 2.20. The van der Waals surface area contributed by atoms with Crippen molar-refractivity contribution < 1.29 is 14.6 Å². The van der Waals surface area contributed by atoms with Gasteiger partial charge in [0.1, 0.15) is 13.2 Å². The van der Waals surface area contributed by atoms with Gasteiger partial charge in [-0.15, -0.1) is 0 Å². The lowest BCUT2D eigenvalue weighted by molar-refractivity contribution is 0.127. The van der Waals surface area contributed by atoms with Gasteiger partial charge in [0.05, 0.1) is 12.1 Å². The van der Waals surface area contributed by atoms with Crippen LogP contribution in [0, 0.1) is 5.92 Å². The summed E-state index contributed by atoms with van der Waals surface area (Å²) in [5.41, 5.74) is 7.00. The summed E-state index contributed by atoms with van der Waals surface area (Å²) in [5, 5.41) is 10.1. The molecular weight excluding hydrogens is 242 g/mol. The number of aliphatic hydroxyl groups is 1. The van der Waals surface area contributed by atoms with Gasteiger partial charge in [0.25, 0.3) is 0 Å². The molecule has 106 valence electrons. The number of nitrogens with two attached hydrogens (primary N) is 1. The quantitative estimate of drug-likeness (QED) is 0.857. The fourth-order valence-electron chi connectivity index (χ4n) is 2.17. The second-order valence-electron chi connectivity index (χ2n) is 5.47. The molecule has 1 aromatic carbocycles. The molecule has 19 heavy (non-hydrogen) atoms. The monoisotopic (exact) mass is 265 g/mol. The number of fused-ring (bicyclic) bond motifs is 1. The summed E-state index contributed by atoms with van der Waals surface area (Å²) < 4.78 is 11.0. The van der Waals surface area contributed by atoms with E-state index in [4.69, 9.17) is 15.2 Å². The molecule has 0 aromatic heterocycles. The molecule has 0 saturated heterocycles. The van der Waals surface area contributed by atoms with Crippen LogP contribution in [0.5, 0.6) is 11.5 Å².